The van der Waals surface area contributed by atoms with Crippen molar-refractivity contribution in [1.82, 2.24) is 10.6 Å². The van der Waals surface area contributed by atoms with Crippen LogP contribution in [0, 0.1) is 5.92 Å². The van der Waals surface area contributed by atoms with Crippen LogP contribution in [0.2, 0.25) is 0 Å². The molecule has 0 aromatic carbocycles. The number of alkyl halides is 2. The number of carboxylic acid groups (broad SMARTS) is 1. The van der Waals surface area contributed by atoms with Crippen molar-refractivity contribution in [2.75, 3.05) is 13.1 Å². The molecule has 5 nitrogen and oxygen atoms in total. The van der Waals surface area contributed by atoms with E-state index >= 15 is 0 Å². The summed E-state index contributed by atoms with van der Waals surface area (Å²) in [6.07, 6.45) is -2.04. The minimum atomic E-state index is -2.59. The molecule has 0 aromatic rings. The van der Waals surface area contributed by atoms with Crippen molar-refractivity contribution in [2.24, 2.45) is 5.92 Å². The summed E-state index contributed by atoms with van der Waals surface area (Å²) in [7, 11) is 0. The van der Waals surface area contributed by atoms with Gasteiger partial charge in [-0.25, -0.2) is 13.6 Å². The summed E-state index contributed by atoms with van der Waals surface area (Å²) in [4.78, 5) is 21.4. The van der Waals surface area contributed by atoms with Gasteiger partial charge in [-0.3, -0.25) is 4.79 Å². The second-order valence-electron chi connectivity index (χ2n) is 3.35. The van der Waals surface area contributed by atoms with E-state index in [0.29, 0.717) is 6.42 Å². The molecular weight excluding hydrogens is 222 g/mol. The van der Waals surface area contributed by atoms with Gasteiger partial charge >= 0.3 is 12.0 Å². The van der Waals surface area contributed by atoms with Gasteiger partial charge in [0.15, 0.2) is 0 Å². The van der Waals surface area contributed by atoms with Crippen molar-refractivity contribution in [1.29, 1.82) is 0 Å². The Morgan fingerprint density at radius 1 is 1.25 bits per heavy atom. The minimum absolute atomic E-state index is 0.0500. The molecule has 1 atom stereocenters. The average Bonchev–Trinajstić information content (AvgIpc) is 2.20. The topological polar surface area (TPSA) is 78.4 Å². The van der Waals surface area contributed by atoms with E-state index in [-0.39, 0.29) is 18.9 Å². The fourth-order valence-corrected chi connectivity index (χ4v) is 1.08. The first-order valence-corrected chi connectivity index (χ1v) is 4.97. The Hall–Kier alpha value is -1.40. The van der Waals surface area contributed by atoms with Crippen molar-refractivity contribution < 1.29 is 23.5 Å². The Labute approximate surface area is 92.2 Å². The quantitative estimate of drug-likeness (QED) is 0.620. The SMILES string of the molecule is CCC(CNC(=O)NCC(F)F)CC(=O)O. The first-order chi connectivity index (χ1) is 7.45. The molecule has 3 N–H and O–H groups in total. The van der Waals surface area contributed by atoms with Gasteiger partial charge in [-0.2, -0.15) is 0 Å². The Kier molecular flexibility index (Phi) is 7.15. The maximum absolute atomic E-state index is 11.7. The van der Waals surface area contributed by atoms with Crippen molar-refractivity contribution in [3.63, 3.8) is 0 Å². The number of nitrogens with one attached hydrogen (secondary N) is 2. The van der Waals surface area contributed by atoms with Crippen LogP contribution in [0.25, 0.3) is 0 Å². The zero-order valence-electron chi connectivity index (χ0n) is 9.00. The van der Waals surface area contributed by atoms with Crippen molar-refractivity contribution in [3.05, 3.63) is 0 Å². The first kappa shape index (κ1) is 14.6. The van der Waals surface area contributed by atoms with Gasteiger partial charge in [0.05, 0.1) is 6.54 Å². The fraction of sp³-hybridized carbons (Fsp3) is 0.778. The fourth-order valence-electron chi connectivity index (χ4n) is 1.08. The standard InChI is InChI=1S/C9H16F2N2O3/c1-2-6(3-8(14)15)4-12-9(16)13-5-7(10)11/h6-7H,2-5H2,1H3,(H,14,15)(H2,12,13,16). The number of carbonyl (C=O) groups is 2. The highest BCUT2D eigenvalue weighted by molar-refractivity contribution is 5.74. The van der Waals surface area contributed by atoms with Crippen LogP contribution in [0.3, 0.4) is 0 Å². The highest BCUT2D eigenvalue weighted by atomic mass is 19.3. The summed E-state index contributed by atoms with van der Waals surface area (Å²) in [6, 6.07) is -0.705. The molecule has 0 aromatic heterocycles. The average molecular weight is 238 g/mol. The molecule has 0 heterocycles. The Bertz CT molecular complexity index is 237. The molecule has 0 aliphatic rings. The Balaban J connectivity index is 3.75. The molecule has 0 aliphatic heterocycles. The van der Waals surface area contributed by atoms with E-state index in [0.717, 1.165) is 0 Å². The van der Waals surface area contributed by atoms with Crippen LogP contribution in [-0.4, -0.2) is 36.6 Å². The van der Waals surface area contributed by atoms with Gasteiger partial charge in [-0.05, 0) is 5.92 Å². The molecule has 16 heavy (non-hydrogen) atoms. The highest BCUT2D eigenvalue weighted by Crippen LogP contribution is 2.06. The van der Waals surface area contributed by atoms with Gasteiger partial charge in [0.25, 0.3) is 6.43 Å². The number of hydrogen-bond acceptors (Lipinski definition) is 2. The number of rotatable bonds is 7. The molecule has 0 radical (unpaired) electrons. The van der Waals surface area contributed by atoms with Crippen molar-refractivity contribution >= 4 is 12.0 Å². The molecule has 0 fully saturated rings. The van der Waals surface area contributed by atoms with Crippen LogP contribution in [0.4, 0.5) is 13.6 Å². The predicted molar refractivity (Wildman–Crippen MR) is 53.4 cm³/mol. The lowest BCUT2D eigenvalue weighted by molar-refractivity contribution is -0.138. The zero-order valence-corrected chi connectivity index (χ0v) is 9.00. The van der Waals surface area contributed by atoms with Gasteiger partial charge in [-0.15, -0.1) is 0 Å². The van der Waals surface area contributed by atoms with E-state index < -0.39 is 25.0 Å². The third kappa shape index (κ3) is 7.95. The molecule has 0 rings (SSSR count). The lowest BCUT2D eigenvalue weighted by Crippen LogP contribution is -2.40. The Morgan fingerprint density at radius 2 is 1.81 bits per heavy atom. The minimum Gasteiger partial charge on any atom is -0.481 e. The second kappa shape index (κ2) is 7.84. The number of carboxylic acids is 1. The summed E-state index contributed by atoms with van der Waals surface area (Å²) < 4.78 is 23.4. The second-order valence-corrected chi connectivity index (χ2v) is 3.35. The number of hydrogen-bond donors (Lipinski definition) is 3. The molecule has 0 spiro atoms. The lowest BCUT2D eigenvalue weighted by atomic mass is 10.0. The largest absolute Gasteiger partial charge is 0.481 e. The van der Waals surface area contributed by atoms with Crippen molar-refractivity contribution in [2.45, 2.75) is 26.2 Å². The van der Waals surface area contributed by atoms with E-state index in [1.54, 1.807) is 6.92 Å². The molecule has 0 saturated heterocycles. The molecular formula is C9H16F2N2O3. The molecule has 94 valence electrons. The summed E-state index contributed by atoms with van der Waals surface area (Å²) >= 11 is 0. The molecule has 2 amide bonds. The van der Waals surface area contributed by atoms with Crippen LogP contribution in [-0.2, 0) is 4.79 Å². The number of amides is 2. The van der Waals surface area contributed by atoms with Crippen LogP contribution in [0.15, 0.2) is 0 Å². The van der Waals surface area contributed by atoms with Gasteiger partial charge in [0, 0.05) is 13.0 Å². The van der Waals surface area contributed by atoms with E-state index in [1.807, 2.05) is 5.32 Å². The van der Waals surface area contributed by atoms with E-state index in [4.69, 9.17) is 5.11 Å². The van der Waals surface area contributed by atoms with E-state index in [1.165, 1.54) is 0 Å². The molecule has 0 aliphatic carbocycles. The molecule has 0 saturated carbocycles. The third-order valence-electron chi connectivity index (χ3n) is 2.01. The highest BCUT2D eigenvalue weighted by Gasteiger charge is 2.12. The number of urea groups is 1. The van der Waals surface area contributed by atoms with Gasteiger partial charge in [-0.1, -0.05) is 13.3 Å². The monoisotopic (exact) mass is 238 g/mol. The number of aliphatic carboxylic acids is 1. The zero-order chi connectivity index (χ0) is 12.6. The van der Waals surface area contributed by atoms with Gasteiger partial charge < -0.3 is 15.7 Å². The third-order valence-corrected chi connectivity index (χ3v) is 2.01. The number of carbonyl (C=O) groups excluding carboxylic acids is 1. The van der Waals surface area contributed by atoms with Gasteiger partial charge in [0.1, 0.15) is 0 Å². The lowest BCUT2D eigenvalue weighted by Gasteiger charge is -2.13. The van der Waals surface area contributed by atoms with Crippen LogP contribution < -0.4 is 10.6 Å². The maximum atomic E-state index is 11.7. The van der Waals surface area contributed by atoms with Crippen molar-refractivity contribution in [3.8, 4) is 0 Å². The smallest absolute Gasteiger partial charge is 0.314 e. The Morgan fingerprint density at radius 3 is 2.25 bits per heavy atom. The van der Waals surface area contributed by atoms with Crippen LogP contribution in [0.5, 0.6) is 0 Å². The van der Waals surface area contributed by atoms with E-state index in [9.17, 15) is 18.4 Å². The number of halogens is 2. The molecule has 0 bridgehead atoms. The predicted octanol–water partition coefficient (Wildman–Crippen LogP) is 1.05. The van der Waals surface area contributed by atoms with Crippen LogP contribution >= 0.6 is 0 Å². The van der Waals surface area contributed by atoms with Crippen LogP contribution in [0.1, 0.15) is 19.8 Å². The molecule has 7 heteroatoms. The van der Waals surface area contributed by atoms with Gasteiger partial charge in [0.2, 0.25) is 0 Å². The summed E-state index contributed by atoms with van der Waals surface area (Å²) in [5.74, 6) is -1.13. The maximum Gasteiger partial charge on any atom is 0.314 e. The normalized spacial score (nSPS) is 12.2. The summed E-state index contributed by atoms with van der Waals surface area (Å²) in [6.45, 7) is 1.26. The first-order valence-electron chi connectivity index (χ1n) is 4.97. The molecule has 1 unspecified atom stereocenters. The summed E-state index contributed by atoms with van der Waals surface area (Å²) in [5, 5.41) is 12.8. The van der Waals surface area contributed by atoms with E-state index in [2.05, 4.69) is 5.32 Å². The summed E-state index contributed by atoms with van der Waals surface area (Å²) in [5.41, 5.74) is 0.